The van der Waals surface area contributed by atoms with Crippen LogP contribution >= 0.6 is 11.3 Å². The van der Waals surface area contributed by atoms with E-state index in [2.05, 4.69) is 32.4 Å². The first-order valence-electron chi connectivity index (χ1n) is 10.1. The predicted octanol–water partition coefficient (Wildman–Crippen LogP) is 4.09. The van der Waals surface area contributed by atoms with Crippen LogP contribution in [0.2, 0.25) is 0 Å². The molecule has 0 fully saturated rings. The van der Waals surface area contributed by atoms with Crippen molar-refractivity contribution in [2.24, 2.45) is 0 Å². The summed E-state index contributed by atoms with van der Waals surface area (Å²) in [5.74, 6) is 1.11. The maximum Gasteiger partial charge on any atom is 0.256 e. The quantitative estimate of drug-likeness (QED) is 0.558. The van der Waals surface area contributed by atoms with Crippen LogP contribution in [0.5, 0.6) is 5.75 Å². The van der Waals surface area contributed by atoms with Crippen LogP contribution in [-0.4, -0.2) is 32.7 Å². The number of H-pyrrole nitrogens is 1. The maximum absolute atomic E-state index is 13.2. The third-order valence-corrected chi connectivity index (χ3v) is 6.21. The van der Waals surface area contributed by atoms with E-state index in [0.717, 1.165) is 39.6 Å². The number of hydrogen-bond donors (Lipinski definition) is 2. The van der Waals surface area contributed by atoms with Crippen molar-refractivity contribution >= 4 is 28.4 Å². The Hall–Kier alpha value is -3.00. The number of carbonyl (C=O) groups is 1. The number of unbranched alkanes of at least 4 members (excludes halogenated alkanes) is 1. The molecule has 0 bridgehead atoms. The Morgan fingerprint density at radius 1 is 1.23 bits per heavy atom. The van der Waals surface area contributed by atoms with Gasteiger partial charge in [-0.25, -0.2) is 9.97 Å². The Morgan fingerprint density at radius 2 is 2.03 bits per heavy atom. The van der Waals surface area contributed by atoms with E-state index >= 15 is 0 Å². The number of hydrogen-bond acceptors (Lipinski definition) is 6. The summed E-state index contributed by atoms with van der Waals surface area (Å²) in [6, 6.07) is 7.97. The molecule has 1 aromatic carbocycles. The van der Waals surface area contributed by atoms with Crippen molar-refractivity contribution in [3.63, 3.8) is 0 Å². The molecule has 1 atom stereocenters. The molecule has 1 amide bonds. The van der Waals surface area contributed by atoms with E-state index in [-0.39, 0.29) is 5.91 Å². The molecule has 7 nitrogen and oxygen atoms in total. The normalized spacial score (nSPS) is 19.1. The van der Waals surface area contributed by atoms with Gasteiger partial charge in [-0.1, -0.05) is 25.5 Å². The summed E-state index contributed by atoms with van der Waals surface area (Å²) in [7, 11) is 0. The van der Waals surface area contributed by atoms with Crippen molar-refractivity contribution in [2.45, 2.75) is 45.6 Å². The van der Waals surface area contributed by atoms with Gasteiger partial charge in [-0.3, -0.25) is 9.89 Å². The Labute approximate surface area is 179 Å². The van der Waals surface area contributed by atoms with Crippen molar-refractivity contribution in [1.82, 2.24) is 25.5 Å². The number of thiazole rings is 1. The van der Waals surface area contributed by atoms with Crippen LogP contribution < -0.4 is 10.1 Å². The second-order valence-electron chi connectivity index (χ2n) is 7.65. The molecule has 0 spiro atoms. The lowest BCUT2D eigenvalue weighted by Crippen LogP contribution is -2.47. The number of nitrogens with zero attached hydrogens (tertiary/aromatic N) is 3. The van der Waals surface area contributed by atoms with Crippen LogP contribution in [0.4, 0.5) is 0 Å². The van der Waals surface area contributed by atoms with Gasteiger partial charge in [-0.2, -0.15) is 5.10 Å². The molecule has 30 heavy (non-hydrogen) atoms. The molecule has 0 saturated carbocycles. The molecular weight excluding hydrogens is 398 g/mol. The minimum Gasteiger partial charge on any atom is -0.494 e. The SMILES string of the molecule is CCCCOc1ccc([C@]2(C)CC(c3ncc(C)s3)=C(c3ncn[nH]3)C(=O)N2)cc1. The van der Waals surface area contributed by atoms with E-state index in [0.29, 0.717) is 24.4 Å². The fourth-order valence-electron chi connectivity index (χ4n) is 3.62. The molecule has 0 radical (unpaired) electrons. The van der Waals surface area contributed by atoms with E-state index in [4.69, 9.17) is 4.74 Å². The molecule has 3 heterocycles. The number of ether oxygens (including phenoxy) is 1. The molecule has 2 N–H and O–H groups in total. The van der Waals surface area contributed by atoms with Crippen LogP contribution in [0, 0.1) is 6.92 Å². The summed E-state index contributed by atoms with van der Waals surface area (Å²) in [4.78, 5) is 23.1. The lowest BCUT2D eigenvalue weighted by molar-refractivity contribution is -0.117. The number of nitrogens with one attached hydrogen (secondary N) is 2. The molecular formula is C22H25N5O2S. The molecule has 2 aromatic heterocycles. The predicted molar refractivity (Wildman–Crippen MR) is 117 cm³/mol. The van der Waals surface area contributed by atoms with Crippen LogP contribution in [-0.2, 0) is 10.3 Å². The highest BCUT2D eigenvalue weighted by atomic mass is 32.1. The molecule has 1 aliphatic heterocycles. The van der Waals surface area contributed by atoms with Gasteiger partial charge in [-0.15, -0.1) is 11.3 Å². The van der Waals surface area contributed by atoms with E-state index < -0.39 is 5.54 Å². The lowest BCUT2D eigenvalue weighted by Gasteiger charge is -2.36. The molecule has 0 saturated heterocycles. The van der Waals surface area contributed by atoms with E-state index in [1.807, 2.05) is 44.3 Å². The summed E-state index contributed by atoms with van der Waals surface area (Å²) < 4.78 is 5.78. The van der Waals surface area contributed by atoms with Crippen molar-refractivity contribution in [3.05, 3.63) is 58.1 Å². The van der Waals surface area contributed by atoms with Gasteiger partial charge < -0.3 is 10.1 Å². The van der Waals surface area contributed by atoms with Gasteiger partial charge in [0.2, 0.25) is 0 Å². The number of aromatic amines is 1. The Kier molecular flexibility index (Phi) is 5.67. The molecule has 8 heteroatoms. The minimum absolute atomic E-state index is 0.188. The van der Waals surface area contributed by atoms with Gasteiger partial charge in [-0.05, 0) is 38.0 Å². The zero-order valence-electron chi connectivity index (χ0n) is 17.4. The van der Waals surface area contributed by atoms with E-state index in [1.165, 1.54) is 6.33 Å². The van der Waals surface area contributed by atoms with Crippen LogP contribution in [0.15, 0.2) is 36.8 Å². The average molecular weight is 424 g/mol. The minimum atomic E-state index is -0.572. The number of rotatable bonds is 7. The molecule has 0 unspecified atom stereocenters. The van der Waals surface area contributed by atoms with Gasteiger partial charge in [0.25, 0.3) is 5.91 Å². The Bertz CT molecular complexity index is 1060. The molecule has 156 valence electrons. The number of aryl methyl sites for hydroxylation is 1. The van der Waals surface area contributed by atoms with Crippen molar-refractivity contribution in [1.29, 1.82) is 0 Å². The lowest BCUT2D eigenvalue weighted by atomic mass is 9.80. The largest absolute Gasteiger partial charge is 0.494 e. The summed E-state index contributed by atoms with van der Waals surface area (Å²) in [6.45, 7) is 6.90. The standard InChI is InChI=1S/C22H25N5O2S/c1-4-5-10-29-16-8-6-15(7-9-16)22(3)11-17(21-23-12-14(2)30-21)18(20(28)26-22)19-24-13-25-27-19/h6-9,12-13H,4-5,10-11H2,1-3H3,(H,26,28)(H,24,25,27)/t22-/m0/s1. The number of benzene rings is 1. The highest BCUT2D eigenvalue weighted by molar-refractivity contribution is 7.12. The van der Waals surface area contributed by atoms with Gasteiger partial charge in [0.1, 0.15) is 17.1 Å². The summed E-state index contributed by atoms with van der Waals surface area (Å²) in [5, 5.41) is 10.8. The third-order valence-electron chi connectivity index (χ3n) is 5.24. The van der Waals surface area contributed by atoms with Crippen LogP contribution in [0.1, 0.15) is 54.4 Å². The van der Waals surface area contributed by atoms with E-state index in [9.17, 15) is 4.79 Å². The molecule has 3 aromatic rings. The maximum atomic E-state index is 13.2. The van der Waals surface area contributed by atoms with Crippen LogP contribution in [0.3, 0.4) is 0 Å². The second-order valence-corrected chi connectivity index (χ2v) is 8.89. The molecule has 0 aliphatic carbocycles. The fraction of sp³-hybridized carbons (Fsp3) is 0.364. The number of amides is 1. The van der Waals surface area contributed by atoms with E-state index in [1.54, 1.807) is 11.3 Å². The summed E-state index contributed by atoms with van der Waals surface area (Å²) >= 11 is 1.58. The summed E-state index contributed by atoms with van der Waals surface area (Å²) in [6.07, 6.45) is 5.96. The number of aromatic nitrogens is 4. The Morgan fingerprint density at radius 3 is 2.67 bits per heavy atom. The van der Waals surface area contributed by atoms with Crippen LogP contribution in [0.25, 0.3) is 11.1 Å². The van der Waals surface area contributed by atoms with Gasteiger partial charge in [0.15, 0.2) is 5.82 Å². The van der Waals surface area contributed by atoms with Crippen molar-refractivity contribution < 1.29 is 9.53 Å². The zero-order valence-corrected chi connectivity index (χ0v) is 18.2. The van der Waals surface area contributed by atoms with Gasteiger partial charge in [0, 0.05) is 23.1 Å². The zero-order chi connectivity index (χ0) is 21.1. The highest BCUT2D eigenvalue weighted by Gasteiger charge is 2.39. The monoisotopic (exact) mass is 423 g/mol. The fourth-order valence-corrected chi connectivity index (χ4v) is 4.43. The smallest absolute Gasteiger partial charge is 0.256 e. The molecule has 1 aliphatic rings. The van der Waals surface area contributed by atoms with Gasteiger partial charge in [0.05, 0.1) is 17.7 Å². The topological polar surface area (TPSA) is 92.8 Å². The first kappa shape index (κ1) is 20.3. The third kappa shape index (κ3) is 4.00. The number of carbonyl (C=O) groups excluding carboxylic acids is 1. The van der Waals surface area contributed by atoms with Crippen molar-refractivity contribution in [2.75, 3.05) is 6.61 Å². The second kappa shape index (κ2) is 8.39. The first-order chi connectivity index (χ1) is 14.5. The average Bonchev–Trinajstić information content (AvgIpc) is 3.40. The highest BCUT2D eigenvalue weighted by Crippen LogP contribution is 2.42. The van der Waals surface area contributed by atoms with Crippen molar-refractivity contribution in [3.8, 4) is 5.75 Å². The first-order valence-corrected chi connectivity index (χ1v) is 10.9. The van der Waals surface area contributed by atoms with Gasteiger partial charge >= 0.3 is 0 Å². The summed E-state index contributed by atoms with van der Waals surface area (Å²) in [5.41, 5.74) is 1.82. The molecule has 4 rings (SSSR count). The Balaban J connectivity index is 1.69.